The Morgan fingerprint density at radius 3 is 2.30 bits per heavy atom. The van der Waals surface area contributed by atoms with Crippen LogP contribution in [0, 0.1) is 5.41 Å². The summed E-state index contributed by atoms with van der Waals surface area (Å²) in [6.07, 6.45) is 1.92. The van der Waals surface area contributed by atoms with E-state index in [1.54, 1.807) is 51.1 Å². The minimum absolute atomic E-state index is 0.0201. The zero-order chi connectivity index (χ0) is 24.2. The number of thiocarbonyl (C=S) groups is 1. The van der Waals surface area contributed by atoms with Gasteiger partial charge in [0.1, 0.15) is 10.6 Å². The molecule has 0 spiro atoms. The van der Waals surface area contributed by atoms with E-state index in [0.717, 1.165) is 25.9 Å². The Balaban J connectivity index is 1.97. The number of carbonyl (C=O) groups excluding carboxylic acids is 1. The number of carbonyl (C=O) groups is 1. The molecule has 0 saturated carbocycles. The highest BCUT2D eigenvalue weighted by Crippen LogP contribution is 2.40. The van der Waals surface area contributed by atoms with E-state index >= 15 is 0 Å². The maximum Gasteiger partial charge on any atom is 0.314 e. The van der Waals surface area contributed by atoms with Gasteiger partial charge >= 0.3 is 5.97 Å². The maximum absolute atomic E-state index is 12.5. The van der Waals surface area contributed by atoms with Gasteiger partial charge in [-0.05, 0) is 70.1 Å². The van der Waals surface area contributed by atoms with Crippen molar-refractivity contribution >= 4 is 38.9 Å². The molecular formula is C23H28N2O6S2. The monoisotopic (exact) mass is 492 g/mol. The largest absolute Gasteiger partial charge is 0.454 e. The van der Waals surface area contributed by atoms with E-state index in [2.05, 4.69) is 0 Å². The van der Waals surface area contributed by atoms with Gasteiger partial charge in [-0.1, -0.05) is 18.2 Å². The van der Waals surface area contributed by atoms with Crippen molar-refractivity contribution in [1.82, 2.24) is 0 Å². The lowest BCUT2D eigenvalue weighted by atomic mass is 9.98. The molecule has 0 atom stereocenters. The summed E-state index contributed by atoms with van der Waals surface area (Å²) < 4.78 is 41.6. The van der Waals surface area contributed by atoms with E-state index in [0.29, 0.717) is 17.0 Å². The van der Waals surface area contributed by atoms with Crippen molar-refractivity contribution < 1.29 is 27.4 Å². The maximum atomic E-state index is 12.5. The normalized spacial score (nSPS) is 14.1. The van der Waals surface area contributed by atoms with Crippen LogP contribution in [0.4, 0.5) is 5.69 Å². The molecule has 2 aromatic rings. The number of hydrogen-bond donors (Lipinski definition) is 1. The van der Waals surface area contributed by atoms with Gasteiger partial charge in [-0.15, -0.1) is 0 Å². The average molecular weight is 493 g/mol. The number of nitrogens with two attached hydrogens (primary N) is 1. The summed E-state index contributed by atoms with van der Waals surface area (Å²) in [5.74, 6) is 0.166. The number of sulfonamides is 1. The molecule has 1 heterocycles. The predicted molar refractivity (Wildman–Crippen MR) is 129 cm³/mol. The number of primary sulfonamides is 1. The fourth-order valence-electron chi connectivity index (χ4n) is 3.25. The van der Waals surface area contributed by atoms with Gasteiger partial charge in [0.05, 0.1) is 11.1 Å². The van der Waals surface area contributed by atoms with E-state index in [1.165, 1.54) is 6.07 Å². The molecule has 2 N–H and O–H groups in total. The summed E-state index contributed by atoms with van der Waals surface area (Å²) >= 11 is 5.35. The smallest absolute Gasteiger partial charge is 0.314 e. The van der Waals surface area contributed by atoms with Gasteiger partial charge in [-0.25, -0.2) is 13.6 Å². The van der Waals surface area contributed by atoms with Crippen molar-refractivity contribution in [1.29, 1.82) is 0 Å². The molecule has 1 fully saturated rings. The van der Waals surface area contributed by atoms with Crippen molar-refractivity contribution in [3.05, 3.63) is 48.0 Å². The SMILES string of the molecule is CC(C)(C)C(=O)OCOC(=S)c1cc(N2CCCC2)c(Oc2ccccc2)c(S(N)(=O)=O)c1. The molecule has 1 saturated heterocycles. The molecule has 0 aliphatic carbocycles. The van der Waals surface area contributed by atoms with Gasteiger partial charge in [0.15, 0.2) is 10.8 Å². The third kappa shape index (κ3) is 6.43. The number of para-hydroxylation sites is 1. The molecule has 0 bridgehead atoms. The summed E-state index contributed by atoms with van der Waals surface area (Å²) in [5.41, 5.74) is 0.184. The molecular weight excluding hydrogens is 464 g/mol. The Morgan fingerprint density at radius 1 is 1.09 bits per heavy atom. The number of rotatable bonds is 7. The fourth-order valence-corrected chi connectivity index (χ4v) is 4.12. The molecule has 0 radical (unpaired) electrons. The fraction of sp³-hybridized carbons (Fsp3) is 0.391. The van der Waals surface area contributed by atoms with Crippen LogP contribution in [0.5, 0.6) is 11.5 Å². The minimum Gasteiger partial charge on any atom is -0.454 e. The van der Waals surface area contributed by atoms with Crippen molar-refractivity contribution in [2.24, 2.45) is 10.6 Å². The summed E-state index contributed by atoms with van der Waals surface area (Å²) in [7, 11) is -4.17. The number of hydrogen-bond acceptors (Lipinski definition) is 8. The Hall–Kier alpha value is -2.69. The number of ether oxygens (including phenoxy) is 3. The van der Waals surface area contributed by atoms with Crippen LogP contribution in [0.1, 0.15) is 39.2 Å². The molecule has 0 unspecified atom stereocenters. The molecule has 8 nitrogen and oxygen atoms in total. The summed E-state index contributed by atoms with van der Waals surface area (Å²) in [5, 5.41) is 5.54. The van der Waals surface area contributed by atoms with Crippen molar-refractivity contribution in [2.45, 2.75) is 38.5 Å². The quantitative estimate of drug-likeness (QED) is 0.351. The van der Waals surface area contributed by atoms with E-state index in [1.807, 2.05) is 11.0 Å². The van der Waals surface area contributed by atoms with Gasteiger partial charge in [0.2, 0.25) is 16.8 Å². The third-order valence-corrected chi connectivity index (χ3v) is 6.25. The van der Waals surface area contributed by atoms with Crippen LogP contribution in [0.15, 0.2) is 47.4 Å². The zero-order valence-electron chi connectivity index (χ0n) is 18.9. The van der Waals surface area contributed by atoms with E-state index in [4.69, 9.17) is 31.6 Å². The Labute approximate surface area is 199 Å². The molecule has 0 aromatic heterocycles. The second-order valence-electron chi connectivity index (χ2n) is 8.71. The molecule has 10 heteroatoms. The van der Waals surface area contributed by atoms with Gasteiger partial charge in [0, 0.05) is 18.7 Å². The molecule has 1 aliphatic heterocycles. The third-order valence-electron chi connectivity index (χ3n) is 4.98. The molecule has 2 aromatic carbocycles. The summed E-state index contributed by atoms with van der Waals surface area (Å²) in [4.78, 5) is 13.8. The van der Waals surface area contributed by atoms with Crippen LogP contribution in [0.2, 0.25) is 0 Å². The van der Waals surface area contributed by atoms with E-state index in [9.17, 15) is 13.2 Å². The number of esters is 1. The lowest BCUT2D eigenvalue weighted by molar-refractivity contribution is -0.160. The number of nitrogens with zero attached hydrogens (tertiary/aromatic N) is 1. The average Bonchev–Trinajstić information content (AvgIpc) is 3.27. The van der Waals surface area contributed by atoms with E-state index in [-0.39, 0.29) is 22.5 Å². The zero-order valence-corrected chi connectivity index (χ0v) is 20.5. The first kappa shape index (κ1) is 24.9. The second kappa shape index (κ2) is 10.1. The topological polar surface area (TPSA) is 108 Å². The van der Waals surface area contributed by atoms with Crippen LogP contribution in [-0.4, -0.2) is 39.3 Å². The van der Waals surface area contributed by atoms with Crippen molar-refractivity contribution in [3.63, 3.8) is 0 Å². The van der Waals surface area contributed by atoms with Crippen LogP contribution >= 0.6 is 12.2 Å². The van der Waals surface area contributed by atoms with Crippen molar-refractivity contribution in [3.8, 4) is 11.5 Å². The van der Waals surface area contributed by atoms with Gasteiger partial charge in [-0.3, -0.25) is 4.79 Å². The highest BCUT2D eigenvalue weighted by molar-refractivity contribution is 7.89. The lowest BCUT2D eigenvalue weighted by Gasteiger charge is -2.24. The summed E-state index contributed by atoms with van der Waals surface area (Å²) in [6.45, 7) is 6.24. The molecule has 33 heavy (non-hydrogen) atoms. The van der Waals surface area contributed by atoms with Gasteiger partial charge < -0.3 is 19.1 Å². The minimum atomic E-state index is -4.17. The first-order valence-corrected chi connectivity index (χ1v) is 12.5. The highest BCUT2D eigenvalue weighted by atomic mass is 32.2. The van der Waals surface area contributed by atoms with Crippen LogP contribution in [0.25, 0.3) is 0 Å². The molecule has 3 rings (SSSR count). The Kier molecular flexibility index (Phi) is 7.61. The van der Waals surface area contributed by atoms with Crippen molar-refractivity contribution in [2.75, 3.05) is 24.8 Å². The van der Waals surface area contributed by atoms with Crippen LogP contribution in [-0.2, 0) is 24.3 Å². The standard InChI is InChI=1S/C23H28N2O6S2/c1-23(2,3)22(26)30-15-29-21(32)16-13-18(25-11-7-8-12-25)20(19(14-16)33(24,27)28)31-17-9-5-4-6-10-17/h4-6,9-10,13-14H,7-8,11-12,15H2,1-3H3,(H2,24,27,28). The second-order valence-corrected chi connectivity index (χ2v) is 10.6. The van der Waals surface area contributed by atoms with Crippen LogP contribution < -0.4 is 14.8 Å². The van der Waals surface area contributed by atoms with Gasteiger partial charge in [0.25, 0.3) is 0 Å². The molecule has 0 amide bonds. The van der Waals surface area contributed by atoms with Crippen LogP contribution in [0.3, 0.4) is 0 Å². The Bertz CT molecular complexity index is 1120. The number of anilines is 1. The lowest BCUT2D eigenvalue weighted by Crippen LogP contribution is -2.25. The molecule has 1 aliphatic rings. The number of benzene rings is 2. The highest BCUT2D eigenvalue weighted by Gasteiger charge is 2.27. The molecule has 178 valence electrons. The summed E-state index contributed by atoms with van der Waals surface area (Å²) in [6, 6.07) is 11.9. The van der Waals surface area contributed by atoms with E-state index < -0.39 is 21.4 Å². The van der Waals surface area contributed by atoms with Gasteiger partial charge in [-0.2, -0.15) is 0 Å². The Morgan fingerprint density at radius 2 is 1.73 bits per heavy atom. The predicted octanol–water partition coefficient (Wildman–Crippen LogP) is 3.97. The first-order chi connectivity index (χ1) is 15.5. The first-order valence-electron chi connectivity index (χ1n) is 10.5.